The van der Waals surface area contributed by atoms with E-state index in [9.17, 15) is 14.3 Å². The molecule has 0 amide bonds. The van der Waals surface area contributed by atoms with E-state index in [4.69, 9.17) is 14.0 Å². The zero-order chi connectivity index (χ0) is 25.7. The summed E-state index contributed by atoms with van der Waals surface area (Å²) in [6, 6.07) is 0. The van der Waals surface area contributed by atoms with Crippen LogP contribution in [0.15, 0.2) is 0 Å². The van der Waals surface area contributed by atoms with Crippen LogP contribution >= 0.6 is 7.60 Å². The van der Waals surface area contributed by atoms with E-state index >= 15 is 0 Å². The maximum Gasteiger partial charge on any atom is 0.328 e. The Labute approximate surface area is 210 Å². The first-order chi connectivity index (χ1) is 16.1. The standard InChI is InChI=1S/C26H54NO6P/c1-6-7-8-9-10-11-12-13-14-15-16-17-18-21-31-23-26(33-25(2)28)24-32-34(29,30)22-19-20-27(3,4)5/h26H,6-24H2,1-5H3/p+1. The third-order valence-electron chi connectivity index (χ3n) is 5.76. The van der Waals surface area contributed by atoms with Gasteiger partial charge in [0.2, 0.25) is 0 Å². The molecule has 0 spiro atoms. The van der Waals surface area contributed by atoms with Crippen molar-refractivity contribution < 1.29 is 32.7 Å². The molecule has 0 saturated carbocycles. The van der Waals surface area contributed by atoms with Gasteiger partial charge >= 0.3 is 13.6 Å². The minimum absolute atomic E-state index is 0.0924. The lowest BCUT2D eigenvalue weighted by molar-refractivity contribution is -0.870. The Morgan fingerprint density at radius 1 is 0.824 bits per heavy atom. The second-order valence-corrected chi connectivity index (χ2v) is 12.6. The van der Waals surface area contributed by atoms with Crippen LogP contribution in [0.1, 0.15) is 104 Å². The molecule has 2 unspecified atom stereocenters. The molecule has 0 aliphatic heterocycles. The van der Waals surface area contributed by atoms with Crippen LogP contribution in [-0.2, 0) is 23.4 Å². The molecule has 0 aromatic carbocycles. The Morgan fingerprint density at radius 3 is 1.79 bits per heavy atom. The summed E-state index contributed by atoms with van der Waals surface area (Å²) in [5.74, 6) is -0.448. The topological polar surface area (TPSA) is 82.1 Å². The highest BCUT2D eigenvalue weighted by atomic mass is 31.2. The largest absolute Gasteiger partial charge is 0.458 e. The summed E-state index contributed by atoms with van der Waals surface area (Å²) in [6.45, 7) is 5.00. The maximum absolute atomic E-state index is 12.2. The lowest BCUT2D eigenvalue weighted by Gasteiger charge is -2.24. The molecule has 0 aliphatic rings. The Balaban J connectivity index is 3.81. The van der Waals surface area contributed by atoms with Gasteiger partial charge in [-0.1, -0.05) is 84.0 Å². The Kier molecular flexibility index (Phi) is 20.4. The van der Waals surface area contributed by atoms with Gasteiger partial charge < -0.3 is 23.4 Å². The highest BCUT2D eigenvalue weighted by Gasteiger charge is 2.24. The molecule has 0 aromatic heterocycles. The first kappa shape index (κ1) is 33.5. The van der Waals surface area contributed by atoms with Crippen LogP contribution in [0.2, 0.25) is 0 Å². The van der Waals surface area contributed by atoms with E-state index in [2.05, 4.69) is 6.92 Å². The average Bonchev–Trinajstić information content (AvgIpc) is 2.73. The van der Waals surface area contributed by atoms with Crippen LogP contribution in [0.5, 0.6) is 0 Å². The van der Waals surface area contributed by atoms with Gasteiger partial charge in [-0.3, -0.25) is 9.36 Å². The van der Waals surface area contributed by atoms with E-state index in [1.165, 1.54) is 77.6 Å². The number of nitrogens with zero attached hydrogens (tertiary/aromatic N) is 1. The molecule has 204 valence electrons. The fourth-order valence-corrected chi connectivity index (χ4v) is 4.87. The van der Waals surface area contributed by atoms with E-state index in [0.717, 1.165) is 23.9 Å². The van der Waals surface area contributed by atoms with E-state index in [1.807, 2.05) is 21.1 Å². The van der Waals surface area contributed by atoms with Crippen LogP contribution in [0, 0.1) is 0 Å². The molecule has 0 saturated heterocycles. The molecule has 0 aromatic rings. The fraction of sp³-hybridized carbons (Fsp3) is 0.962. The summed E-state index contributed by atoms with van der Waals surface area (Å²) in [7, 11) is 2.40. The van der Waals surface area contributed by atoms with Crippen molar-refractivity contribution in [1.82, 2.24) is 0 Å². The van der Waals surface area contributed by atoms with Gasteiger partial charge in [0.15, 0.2) is 0 Å². The third-order valence-corrected chi connectivity index (χ3v) is 7.19. The van der Waals surface area contributed by atoms with Crippen molar-refractivity contribution in [2.45, 2.75) is 110 Å². The highest BCUT2D eigenvalue weighted by molar-refractivity contribution is 7.52. The molecule has 0 rings (SSSR count). The average molecular weight is 509 g/mol. The smallest absolute Gasteiger partial charge is 0.328 e. The Morgan fingerprint density at radius 2 is 1.32 bits per heavy atom. The van der Waals surface area contributed by atoms with Crippen LogP contribution in [0.4, 0.5) is 0 Å². The number of carbonyl (C=O) groups is 1. The zero-order valence-electron chi connectivity index (χ0n) is 22.9. The summed E-state index contributed by atoms with van der Waals surface area (Å²) in [4.78, 5) is 21.4. The first-order valence-corrected chi connectivity index (χ1v) is 15.3. The molecule has 0 fully saturated rings. The molecular weight excluding hydrogens is 453 g/mol. The van der Waals surface area contributed by atoms with Crippen LogP contribution < -0.4 is 0 Å². The van der Waals surface area contributed by atoms with Gasteiger partial charge in [-0.25, -0.2) is 0 Å². The van der Waals surface area contributed by atoms with Gasteiger partial charge in [0, 0.05) is 20.0 Å². The molecule has 2 atom stereocenters. The molecule has 1 N–H and O–H groups in total. The van der Waals surface area contributed by atoms with Gasteiger partial charge in [0.1, 0.15) is 6.10 Å². The van der Waals surface area contributed by atoms with Crippen molar-refractivity contribution in [1.29, 1.82) is 0 Å². The van der Waals surface area contributed by atoms with Gasteiger partial charge in [0.05, 0.1) is 47.1 Å². The number of carbonyl (C=O) groups excluding carboxylic acids is 1. The zero-order valence-corrected chi connectivity index (χ0v) is 23.8. The second kappa shape index (κ2) is 20.7. The SMILES string of the molecule is CCCCCCCCCCCCCCCOCC(COP(=O)(O)CCC[N+](C)(C)C)OC(C)=O. The minimum atomic E-state index is -3.71. The van der Waals surface area contributed by atoms with E-state index in [1.54, 1.807) is 0 Å². The molecule has 0 bridgehead atoms. The summed E-state index contributed by atoms with van der Waals surface area (Å²) < 4.78 is 29.1. The maximum atomic E-state index is 12.2. The predicted octanol–water partition coefficient (Wildman–Crippen LogP) is 6.32. The van der Waals surface area contributed by atoms with E-state index in [-0.39, 0.29) is 19.4 Å². The number of hydrogen-bond donors (Lipinski definition) is 1. The molecule has 34 heavy (non-hydrogen) atoms. The van der Waals surface area contributed by atoms with Crippen LogP contribution in [0.3, 0.4) is 0 Å². The third kappa shape index (κ3) is 24.7. The monoisotopic (exact) mass is 508 g/mol. The molecular formula is C26H55NO6P+. The highest BCUT2D eigenvalue weighted by Crippen LogP contribution is 2.42. The van der Waals surface area contributed by atoms with Crippen molar-refractivity contribution in [3.05, 3.63) is 0 Å². The minimum Gasteiger partial charge on any atom is -0.458 e. The Bertz CT molecular complexity index is 538. The number of quaternary nitrogens is 1. The quantitative estimate of drug-likeness (QED) is 0.0711. The van der Waals surface area contributed by atoms with Crippen molar-refractivity contribution >= 4 is 13.6 Å². The van der Waals surface area contributed by atoms with Crippen molar-refractivity contribution in [2.24, 2.45) is 0 Å². The number of unbranched alkanes of at least 4 members (excludes halogenated alkanes) is 12. The molecule has 0 aliphatic carbocycles. The molecule has 0 radical (unpaired) electrons. The van der Waals surface area contributed by atoms with E-state index < -0.39 is 19.7 Å². The normalized spacial score (nSPS) is 14.6. The number of ether oxygens (including phenoxy) is 2. The van der Waals surface area contributed by atoms with E-state index in [0.29, 0.717) is 13.0 Å². The van der Waals surface area contributed by atoms with Crippen molar-refractivity contribution in [2.75, 3.05) is 53.7 Å². The molecule has 7 nitrogen and oxygen atoms in total. The summed E-state index contributed by atoms with van der Waals surface area (Å²) in [6.07, 6.45) is 16.9. The summed E-state index contributed by atoms with van der Waals surface area (Å²) in [5.41, 5.74) is 0. The molecule has 0 heterocycles. The van der Waals surface area contributed by atoms with Gasteiger partial charge in [-0.2, -0.15) is 0 Å². The molecule has 8 heteroatoms. The first-order valence-electron chi connectivity index (χ1n) is 13.6. The van der Waals surface area contributed by atoms with Gasteiger partial charge in [0.25, 0.3) is 0 Å². The lowest BCUT2D eigenvalue weighted by atomic mass is 10.0. The lowest BCUT2D eigenvalue weighted by Crippen LogP contribution is -2.35. The van der Waals surface area contributed by atoms with Crippen LogP contribution in [0.25, 0.3) is 0 Å². The van der Waals surface area contributed by atoms with Gasteiger partial charge in [-0.05, 0) is 6.42 Å². The van der Waals surface area contributed by atoms with Gasteiger partial charge in [-0.15, -0.1) is 0 Å². The van der Waals surface area contributed by atoms with Crippen molar-refractivity contribution in [3.8, 4) is 0 Å². The summed E-state index contributed by atoms with van der Waals surface area (Å²) >= 11 is 0. The number of esters is 1. The Hall–Kier alpha value is -0.460. The fourth-order valence-electron chi connectivity index (χ4n) is 3.80. The van der Waals surface area contributed by atoms with Crippen LogP contribution in [-0.4, -0.2) is 75.1 Å². The second-order valence-electron chi connectivity index (χ2n) is 10.6. The summed E-state index contributed by atoms with van der Waals surface area (Å²) in [5, 5.41) is 0. The van der Waals surface area contributed by atoms with Crippen molar-refractivity contribution in [3.63, 3.8) is 0 Å². The number of rotatable bonds is 24. The number of hydrogen-bond acceptors (Lipinski definition) is 5. The predicted molar refractivity (Wildman–Crippen MR) is 140 cm³/mol.